The minimum absolute atomic E-state index is 0.0445. The fourth-order valence-electron chi connectivity index (χ4n) is 3.70. The van der Waals surface area contributed by atoms with Gasteiger partial charge in [-0.3, -0.25) is 10.2 Å². The summed E-state index contributed by atoms with van der Waals surface area (Å²) in [5.74, 6) is 0.222. The highest BCUT2D eigenvalue weighted by Crippen LogP contribution is 2.21. The van der Waals surface area contributed by atoms with Crippen molar-refractivity contribution in [3.63, 3.8) is 0 Å². The van der Waals surface area contributed by atoms with Crippen LogP contribution in [-0.4, -0.2) is 32.3 Å². The molecule has 3 aromatic carbocycles. The third-order valence-corrected chi connectivity index (χ3v) is 5.41. The van der Waals surface area contributed by atoms with Crippen molar-refractivity contribution in [2.45, 2.75) is 32.8 Å². The molecule has 35 heavy (non-hydrogen) atoms. The van der Waals surface area contributed by atoms with Crippen molar-refractivity contribution in [1.29, 1.82) is 5.41 Å². The molecule has 0 fully saturated rings. The Hall–Kier alpha value is -4.46. The lowest BCUT2D eigenvalue weighted by Crippen LogP contribution is -2.23. The molecule has 0 unspecified atom stereocenters. The van der Waals surface area contributed by atoms with E-state index in [9.17, 15) is 9.59 Å². The van der Waals surface area contributed by atoms with Gasteiger partial charge in [0.05, 0.1) is 17.5 Å². The van der Waals surface area contributed by atoms with Crippen LogP contribution in [0.1, 0.15) is 31.4 Å². The predicted octanol–water partition coefficient (Wildman–Crippen LogP) is 3.86. The molecule has 0 saturated heterocycles. The van der Waals surface area contributed by atoms with E-state index in [4.69, 9.17) is 15.9 Å². The maximum atomic E-state index is 13.5. The third-order valence-electron chi connectivity index (χ3n) is 5.41. The summed E-state index contributed by atoms with van der Waals surface area (Å²) in [5.41, 5.74) is 8.79. The molecule has 0 aliphatic rings. The summed E-state index contributed by atoms with van der Waals surface area (Å²) in [6.07, 6.45) is 0.706. The molecule has 178 valence electrons. The summed E-state index contributed by atoms with van der Waals surface area (Å²) < 4.78 is 8.09. The van der Waals surface area contributed by atoms with Crippen LogP contribution in [0.15, 0.2) is 83.7 Å². The van der Waals surface area contributed by atoms with Crippen LogP contribution in [0.3, 0.4) is 0 Å². The van der Waals surface area contributed by atoms with E-state index < -0.39 is 0 Å². The lowest BCUT2D eigenvalue weighted by atomic mass is 10.1. The topological polar surface area (TPSA) is 116 Å². The SMILES string of the molecule is CC(C)OC(=O)CCc1ccc(-n2c(-c3ccccc3)nn(-c3ccc(C(=N)N)cc3)c2=O)cc1. The number of hydrogen-bond acceptors (Lipinski definition) is 5. The second-order valence-electron chi connectivity index (χ2n) is 8.39. The maximum Gasteiger partial charge on any atom is 0.355 e. The van der Waals surface area contributed by atoms with E-state index in [1.807, 2.05) is 68.4 Å². The molecule has 4 rings (SSSR count). The van der Waals surface area contributed by atoms with Gasteiger partial charge < -0.3 is 10.5 Å². The van der Waals surface area contributed by atoms with Gasteiger partial charge >= 0.3 is 11.7 Å². The number of nitrogens with one attached hydrogen (secondary N) is 1. The molecule has 1 heterocycles. The minimum Gasteiger partial charge on any atom is -0.463 e. The van der Waals surface area contributed by atoms with Gasteiger partial charge in [-0.25, -0.2) is 9.36 Å². The number of nitrogens with two attached hydrogens (primary N) is 1. The number of amidine groups is 1. The molecule has 0 atom stereocenters. The number of aromatic nitrogens is 3. The number of nitrogens with zero attached hydrogens (tertiary/aromatic N) is 3. The Labute approximate surface area is 203 Å². The van der Waals surface area contributed by atoms with E-state index >= 15 is 0 Å². The number of carbonyl (C=O) groups is 1. The molecule has 8 nitrogen and oxygen atoms in total. The van der Waals surface area contributed by atoms with Gasteiger partial charge in [0.15, 0.2) is 5.82 Å². The Morgan fingerprint density at radius 1 is 0.971 bits per heavy atom. The van der Waals surface area contributed by atoms with Gasteiger partial charge in [0.1, 0.15) is 5.84 Å². The third kappa shape index (κ3) is 5.38. The summed E-state index contributed by atoms with van der Waals surface area (Å²) >= 11 is 0. The van der Waals surface area contributed by atoms with Gasteiger partial charge in [0.2, 0.25) is 0 Å². The summed E-state index contributed by atoms with van der Waals surface area (Å²) in [6.45, 7) is 3.65. The summed E-state index contributed by atoms with van der Waals surface area (Å²) in [7, 11) is 0. The van der Waals surface area contributed by atoms with Gasteiger partial charge in [-0.1, -0.05) is 42.5 Å². The van der Waals surface area contributed by atoms with Crippen LogP contribution in [0, 0.1) is 5.41 Å². The number of rotatable bonds is 8. The largest absolute Gasteiger partial charge is 0.463 e. The Balaban J connectivity index is 1.70. The lowest BCUT2D eigenvalue weighted by Gasteiger charge is -2.09. The van der Waals surface area contributed by atoms with Crippen molar-refractivity contribution in [2.75, 3.05) is 0 Å². The Morgan fingerprint density at radius 3 is 2.20 bits per heavy atom. The molecule has 8 heteroatoms. The van der Waals surface area contributed by atoms with E-state index in [0.717, 1.165) is 11.1 Å². The van der Waals surface area contributed by atoms with E-state index in [2.05, 4.69) is 5.10 Å². The molecule has 0 aliphatic carbocycles. The van der Waals surface area contributed by atoms with E-state index in [0.29, 0.717) is 35.6 Å². The van der Waals surface area contributed by atoms with Crippen LogP contribution in [-0.2, 0) is 16.0 Å². The van der Waals surface area contributed by atoms with Crippen LogP contribution >= 0.6 is 0 Å². The first-order chi connectivity index (χ1) is 16.8. The summed E-state index contributed by atoms with van der Waals surface area (Å²) in [6, 6.07) is 23.8. The van der Waals surface area contributed by atoms with Crippen molar-refractivity contribution in [2.24, 2.45) is 5.73 Å². The molecular formula is C27H27N5O3. The molecule has 0 spiro atoms. The van der Waals surface area contributed by atoms with Crippen molar-refractivity contribution in [1.82, 2.24) is 14.3 Å². The van der Waals surface area contributed by atoms with Crippen LogP contribution in [0.5, 0.6) is 0 Å². The Morgan fingerprint density at radius 2 is 1.60 bits per heavy atom. The van der Waals surface area contributed by atoms with Crippen LogP contribution < -0.4 is 11.4 Å². The van der Waals surface area contributed by atoms with E-state index in [1.54, 1.807) is 28.8 Å². The highest BCUT2D eigenvalue weighted by molar-refractivity contribution is 5.95. The maximum absolute atomic E-state index is 13.5. The molecule has 1 aromatic heterocycles. The summed E-state index contributed by atoms with van der Waals surface area (Å²) in [5, 5.41) is 12.2. The lowest BCUT2D eigenvalue weighted by molar-refractivity contribution is -0.147. The molecule has 0 saturated carbocycles. The van der Waals surface area contributed by atoms with Gasteiger partial charge in [-0.05, 0) is 62.2 Å². The minimum atomic E-state index is -0.326. The molecule has 0 bridgehead atoms. The normalized spacial score (nSPS) is 10.9. The van der Waals surface area contributed by atoms with Crippen molar-refractivity contribution in [3.05, 3.63) is 100 Å². The first-order valence-corrected chi connectivity index (χ1v) is 11.3. The van der Waals surface area contributed by atoms with Crippen LogP contribution in [0.4, 0.5) is 0 Å². The van der Waals surface area contributed by atoms with Crippen molar-refractivity contribution < 1.29 is 9.53 Å². The average Bonchev–Trinajstić information content (AvgIpc) is 3.20. The van der Waals surface area contributed by atoms with Crippen LogP contribution in [0.2, 0.25) is 0 Å². The molecule has 0 radical (unpaired) electrons. The zero-order valence-corrected chi connectivity index (χ0v) is 19.6. The molecule has 3 N–H and O–H groups in total. The predicted molar refractivity (Wildman–Crippen MR) is 135 cm³/mol. The van der Waals surface area contributed by atoms with Gasteiger partial charge in [0, 0.05) is 17.5 Å². The first kappa shape index (κ1) is 23.7. The monoisotopic (exact) mass is 469 g/mol. The smallest absolute Gasteiger partial charge is 0.355 e. The van der Waals surface area contributed by atoms with Crippen LogP contribution in [0.25, 0.3) is 22.8 Å². The number of aryl methyl sites for hydroxylation is 1. The first-order valence-electron chi connectivity index (χ1n) is 11.3. The second kappa shape index (κ2) is 10.2. The van der Waals surface area contributed by atoms with Crippen molar-refractivity contribution >= 4 is 11.8 Å². The quantitative estimate of drug-likeness (QED) is 0.231. The highest BCUT2D eigenvalue weighted by atomic mass is 16.5. The van der Waals surface area contributed by atoms with E-state index in [-0.39, 0.29) is 23.6 Å². The number of ether oxygens (including phenoxy) is 1. The van der Waals surface area contributed by atoms with Gasteiger partial charge in [-0.2, -0.15) is 4.68 Å². The van der Waals surface area contributed by atoms with E-state index in [1.165, 1.54) is 4.68 Å². The zero-order chi connectivity index (χ0) is 24.9. The molecule has 0 aliphatic heterocycles. The average molecular weight is 470 g/mol. The Kier molecular flexibility index (Phi) is 6.91. The van der Waals surface area contributed by atoms with Gasteiger partial charge in [0.25, 0.3) is 0 Å². The fraction of sp³-hybridized carbons (Fsp3) is 0.185. The molecule has 0 amide bonds. The number of hydrogen-bond donors (Lipinski definition) is 2. The number of carbonyl (C=O) groups excluding carboxylic acids is 1. The molecule has 4 aromatic rings. The van der Waals surface area contributed by atoms with Crippen molar-refractivity contribution in [3.8, 4) is 22.8 Å². The number of esters is 1. The zero-order valence-electron chi connectivity index (χ0n) is 19.6. The summed E-state index contributed by atoms with van der Waals surface area (Å²) in [4.78, 5) is 25.4. The second-order valence-corrected chi connectivity index (χ2v) is 8.39. The Bertz CT molecular complexity index is 1390. The standard InChI is InChI=1S/C27H27N5O3/c1-18(2)35-24(33)17-10-19-8-13-22(14-9-19)31-26(21-6-4-3-5-7-21)30-32(27(31)34)23-15-11-20(12-16-23)25(28)29/h3-9,11-16,18H,10,17H2,1-2H3,(H3,28,29). The van der Waals surface area contributed by atoms with Gasteiger partial charge in [-0.15, -0.1) is 5.10 Å². The fourth-order valence-corrected chi connectivity index (χ4v) is 3.70. The number of nitrogen functional groups attached to an aromatic ring is 1. The number of benzene rings is 3. The molecular weight excluding hydrogens is 442 g/mol. The highest BCUT2D eigenvalue weighted by Gasteiger charge is 2.18.